The molecule has 3 rings (SSSR count). The third kappa shape index (κ3) is 26.7. The lowest BCUT2D eigenvalue weighted by molar-refractivity contribution is -0.777. The average Bonchev–Trinajstić information content (AvgIpc) is 3.38. The number of nitrogens with one attached hydrogen (secondary N) is 1. The number of rotatable bonds is 23. The highest BCUT2D eigenvalue weighted by Crippen LogP contribution is 2.37. The number of fused-ring (bicyclic) bond motifs is 1. The van der Waals surface area contributed by atoms with Gasteiger partial charge in [-0.2, -0.15) is 0 Å². The topological polar surface area (TPSA) is 117 Å². The third-order valence-corrected chi connectivity index (χ3v) is 11.0. The number of unbranched alkanes of at least 4 members (excludes halogenated alkanes) is 9. The van der Waals surface area contributed by atoms with Gasteiger partial charge >= 0.3 is 0 Å². The predicted molar refractivity (Wildman–Crippen MR) is 269 cm³/mol. The Labute approximate surface area is 421 Å². The molecule has 11 heteroatoms. The lowest BCUT2D eigenvalue weighted by Gasteiger charge is -2.45. The number of amides is 1. The van der Waals surface area contributed by atoms with Gasteiger partial charge in [0.25, 0.3) is 5.91 Å². The number of hydrogen-bond donors (Lipinski definition) is 1. The highest BCUT2D eigenvalue weighted by molar-refractivity contribution is 7.89. The molecule has 0 spiro atoms. The minimum atomic E-state index is -0.771. The molecule has 0 aliphatic carbocycles. The molecule has 0 bridgehead atoms. The van der Waals surface area contributed by atoms with Crippen LogP contribution in [0, 0.1) is 154 Å². The Morgan fingerprint density at radius 3 is 1.84 bits per heavy atom. The van der Waals surface area contributed by atoms with E-state index in [0.717, 1.165) is 18.4 Å². The van der Waals surface area contributed by atoms with Crippen LogP contribution in [0.4, 0.5) is 0 Å². The molecule has 358 valence electrons. The van der Waals surface area contributed by atoms with Crippen LogP contribution < -0.4 is 10.6 Å². The van der Waals surface area contributed by atoms with Gasteiger partial charge in [0.05, 0.1) is 19.3 Å². The van der Waals surface area contributed by atoms with Gasteiger partial charge in [0.1, 0.15) is 18.3 Å². The second-order valence-corrected chi connectivity index (χ2v) is 16.0. The Balaban J connectivity index is 1.59. The Bertz CT molecular complexity index is 2630. The van der Waals surface area contributed by atoms with Crippen molar-refractivity contribution in [2.45, 2.75) is 142 Å². The van der Waals surface area contributed by atoms with E-state index in [2.05, 4.69) is 190 Å². The second-order valence-electron chi connectivity index (χ2n) is 15.6. The first-order valence-corrected chi connectivity index (χ1v) is 23.9. The average molecular weight is 955 g/mol. The van der Waals surface area contributed by atoms with Crippen molar-refractivity contribution in [1.82, 2.24) is 5.32 Å². The van der Waals surface area contributed by atoms with E-state index in [1.807, 2.05) is 30.3 Å². The van der Waals surface area contributed by atoms with Crippen molar-refractivity contribution in [3.05, 3.63) is 48.0 Å². The van der Waals surface area contributed by atoms with Gasteiger partial charge in [-0.15, -0.1) is 4.33 Å². The number of benzene rings is 1. The minimum absolute atomic E-state index is 0.0286. The number of allylic oxidation sites excluding steroid dienone is 2. The SMILES string of the molecule is CC#CC#CC#CC#CC#CC#CC#CC#CC#CC#CC#CC#CC(=O)N[C@@H](COC1CC(OSOO[O-])C2OC(c3ccccc3)OCC2O1)[C@H](C)[C@H](C)C/C=C/CCCCCCCCCCC. The molecular formula is C59H56NO9S-. The van der Waals surface area contributed by atoms with Gasteiger partial charge in [-0.05, 0) is 133 Å². The molecule has 0 aromatic heterocycles. The first kappa shape index (κ1) is 57.5. The Morgan fingerprint density at radius 2 is 1.29 bits per heavy atom. The molecule has 70 heavy (non-hydrogen) atoms. The first-order chi connectivity index (χ1) is 34.5. The fraction of sp³-hybridized carbons (Fsp3) is 0.441. The zero-order valence-electron chi connectivity index (χ0n) is 40.1. The molecular weight excluding hydrogens is 899 g/mol. The van der Waals surface area contributed by atoms with Crippen LogP contribution >= 0.6 is 12.3 Å². The summed E-state index contributed by atoms with van der Waals surface area (Å²) < 4.78 is 35.2. The Hall–Kier alpha value is -6.82. The fourth-order valence-corrected chi connectivity index (χ4v) is 7.10. The second kappa shape index (κ2) is 39.1. The van der Waals surface area contributed by atoms with Crippen LogP contribution in [0.5, 0.6) is 0 Å². The van der Waals surface area contributed by atoms with Gasteiger partial charge in [-0.3, -0.25) is 14.0 Å². The summed E-state index contributed by atoms with van der Waals surface area (Å²) in [5, 5.41) is 17.1. The van der Waals surface area contributed by atoms with E-state index in [4.69, 9.17) is 23.1 Å². The molecule has 10 nitrogen and oxygen atoms in total. The first-order valence-electron chi connectivity index (χ1n) is 23.2. The third-order valence-electron chi connectivity index (χ3n) is 10.5. The molecule has 1 aromatic carbocycles. The summed E-state index contributed by atoms with van der Waals surface area (Å²) in [5.74, 6) is 60.6. The van der Waals surface area contributed by atoms with Crippen LogP contribution in [0.1, 0.15) is 117 Å². The summed E-state index contributed by atoms with van der Waals surface area (Å²) >= 11 is 0.402. The van der Waals surface area contributed by atoms with Gasteiger partial charge < -0.3 is 29.5 Å². The smallest absolute Gasteiger partial charge is 0.297 e. The number of hydrogen-bond acceptors (Lipinski definition) is 10. The molecule has 0 radical (unpaired) electrons. The van der Waals surface area contributed by atoms with Crippen molar-refractivity contribution in [1.29, 1.82) is 0 Å². The quantitative estimate of drug-likeness (QED) is 0.0305. The van der Waals surface area contributed by atoms with Gasteiger partial charge in [-0.25, -0.2) is 0 Å². The van der Waals surface area contributed by atoms with Gasteiger partial charge in [0, 0.05) is 53.4 Å². The van der Waals surface area contributed by atoms with E-state index in [0.29, 0.717) is 12.3 Å². The number of carbonyl (C=O) groups excluding carboxylic acids is 1. The summed E-state index contributed by atoms with van der Waals surface area (Å²) in [4.78, 5) is 13.2. The van der Waals surface area contributed by atoms with Crippen molar-refractivity contribution in [2.24, 2.45) is 11.8 Å². The van der Waals surface area contributed by atoms with Crippen LogP contribution in [0.25, 0.3) is 0 Å². The molecule has 2 aliphatic heterocycles. The molecule has 5 unspecified atom stereocenters. The fourth-order valence-electron chi connectivity index (χ4n) is 6.76. The summed E-state index contributed by atoms with van der Waals surface area (Å²) in [6.45, 7) is 8.46. The maximum Gasteiger partial charge on any atom is 0.297 e. The van der Waals surface area contributed by atoms with Crippen LogP contribution in [0.3, 0.4) is 0 Å². The summed E-state index contributed by atoms with van der Waals surface area (Å²) in [5.41, 5.74) is 0.837. The van der Waals surface area contributed by atoms with E-state index in [-0.39, 0.29) is 31.5 Å². The van der Waals surface area contributed by atoms with Crippen molar-refractivity contribution in [2.75, 3.05) is 13.2 Å². The molecule has 1 N–H and O–H groups in total. The van der Waals surface area contributed by atoms with Crippen molar-refractivity contribution < 1.29 is 42.6 Å². The molecule has 2 heterocycles. The molecule has 2 fully saturated rings. The zero-order chi connectivity index (χ0) is 50.0. The van der Waals surface area contributed by atoms with Crippen LogP contribution in [-0.2, 0) is 37.3 Å². The summed E-state index contributed by atoms with van der Waals surface area (Å²) in [6.07, 6.45) is 15.0. The minimum Gasteiger partial charge on any atom is -0.691 e. The lowest BCUT2D eigenvalue weighted by Crippen LogP contribution is -2.56. The van der Waals surface area contributed by atoms with Crippen LogP contribution in [0.2, 0.25) is 0 Å². The van der Waals surface area contributed by atoms with Crippen molar-refractivity contribution in [3.63, 3.8) is 0 Å². The van der Waals surface area contributed by atoms with E-state index < -0.39 is 42.8 Å². The van der Waals surface area contributed by atoms with Gasteiger partial charge in [0.15, 0.2) is 24.9 Å². The Morgan fingerprint density at radius 1 is 0.743 bits per heavy atom. The molecule has 2 aliphatic rings. The Kier molecular flexibility index (Phi) is 32.1. The maximum absolute atomic E-state index is 13.2. The predicted octanol–water partition coefficient (Wildman–Crippen LogP) is 7.09. The van der Waals surface area contributed by atoms with Crippen LogP contribution in [0.15, 0.2) is 42.5 Å². The van der Waals surface area contributed by atoms with Crippen molar-refractivity contribution >= 4 is 18.2 Å². The van der Waals surface area contributed by atoms with Crippen molar-refractivity contribution in [3.8, 4) is 142 Å². The number of carbonyl (C=O) groups is 1. The van der Waals surface area contributed by atoms with Gasteiger partial charge in [-0.1, -0.05) is 121 Å². The molecule has 8 atom stereocenters. The standard InChI is InChI=1S/C59H57NO9S/c1-5-7-9-11-13-15-17-19-20-21-22-23-24-25-26-27-28-29-31-33-35-37-42-46-56(61)60-53(51(4)50(3)43-39-36-34-32-30-18-16-14-12-10-8-6-2)48-63-57-47-54(67-70-69-68-62)58-55(65-57)49-64-59(66-58)52-44-40-38-41-45-52/h36,38-41,44-45,50-51,53-55,57-59,62H,6,8,10,12,14,16,18,30,32,34,43,47-49H2,1-4H3,(H,60,61)/p-1/b39-36+/t50-,51-,53+,54?,55?,57?,58?,59?/m1/s1. The summed E-state index contributed by atoms with van der Waals surface area (Å²) in [6, 6.07) is 9.06. The van der Waals surface area contributed by atoms with Crippen LogP contribution in [-0.4, -0.2) is 49.8 Å². The van der Waals surface area contributed by atoms with E-state index in [1.54, 1.807) is 6.92 Å². The molecule has 2 saturated heterocycles. The largest absolute Gasteiger partial charge is 0.691 e. The highest BCUT2D eigenvalue weighted by atomic mass is 32.2. The molecule has 1 aromatic rings. The van der Waals surface area contributed by atoms with E-state index in [1.165, 1.54) is 57.8 Å². The van der Waals surface area contributed by atoms with E-state index in [9.17, 15) is 10.1 Å². The van der Waals surface area contributed by atoms with E-state index >= 15 is 0 Å². The molecule has 1 amide bonds. The lowest BCUT2D eigenvalue weighted by atomic mass is 9.86. The van der Waals surface area contributed by atoms with Gasteiger partial charge in [0.2, 0.25) is 0 Å². The molecule has 0 saturated carbocycles. The maximum atomic E-state index is 13.2. The monoisotopic (exact) mass is 954 g/mol. The summed E-state index contributed by atoms with van der Waals surface area (Å²) in [7, 11) is 0. The number of ether oxygens (including phenoxy) is 4. The highest BCUT2D eigenvalue weighted by Gasteiger charge is 2.46. The normalized spacial score (nSPS) is 17.9. The zero-order valence-corrected chi connectivity index (χ0v) is 41.0.